The number of aliphatic hydroxyl groups is 1. The van der Waals surface area contributed by atoms with E-state index in [9.17, 15) is 8.42 Å². The SMILES string of the molecule is Cn1cnnc1CCNS(=O)(=O)c1ccc(CO)s1. The van der Waals surface area contributed by atoms with Crippen LogP contribution in [0.3, 0.4) is 0 Å². The topological polar surface area (TPSA) is 97.1 Å². The molecule has 2 aromatic heterocycles. The van der Waals surface area contributed by atoms with Crippen molar-refractivity contribution in [3.8, 4) is 0 Å². The summed E-state index contributed by atoms with van der Waals surface area (Å²) in [6, 6.07) is 3.09. The third kappa shape index (κ3) is 3.38. The van der Waals surface area contributed by atoms with Crippen LogP contribution < -0.4 is 4.72 Å². The van der Waals surface area contributed by atoms with Gasteiger partial charge < -0.3 is 9.67 Å². The molecule has 0 saturated carbocycles. The van der Waals surface area contributed by atoms with Gasteiger partial charge in [0.15, 0.2) is 0 Å². The largest absolute Gasteiger partial charge is 0.391 e. The summed E-state index contributed by atoms with van der Waals surface area (Å²) in [4.78, 5) is 0.619. The van der Waals surface area contributed by atoms with Gasteiger partial charge in [0.05, 0.1) is 6.61 Å². The smallest absolute Gasteiger partial charge is 0.250 e. The predicted octanol–water partition coefficient (Wildman–Crippen LogP) is -0.110. The summed E-state index contributed by atoms with van der Waals surface area (Å²) >= 11 is 1.06. The Bertz CT molecular complexity index is 647. The van der Waals surface area contributed by atoms with Gasteiger partial charge in [-0.05, 0) is 12.1 Å². The molecule has 0 unspecified atom stereocenters. The quantitative estimate of drug-likeness (QED) is 0.776. The zero-order chi connectivity index (χ0) is 13.9. The molecule has 0 aliphatic rings. The Hall–Kier alpha value is -1.29. The summed E-state index contributed by atoms with van der Waals surface area (Å²) in [5, 5.41) is 16.5. The van der Waals surface area contributed by atoms with Crippen LogP contribution in [0.5, 0.6) is 0 Å². The highest BCUT2D eigenvalue weighted by Crippen LogP contribution is 2.21. The van der Waals surface area contributed by atoms with Gasteiger partial charge in [-0.15, -0.1) is 21.5 Å². The molecule has 2 rings (SSSR count). The third-order valence-corrected chi connectivity index (χ3v) is 5.53. The monoisotopic (exact) mass is 302 g/mol. The van der Waals surface area contributed by atoms with Crippen LogP contribution in [0.25, 0.3) is 0 Å². The molecule has 0 saturated heterocycles. The second kappa shape index (κ2) is 5.78. The van der Waals surface area contributed by atoms with Crippen LogP contribution in [-0.2, 0) is 30.1 Å². The van der Waals surface area contributed by atoms with Gasteiger partial charge in [0.25, 0.3) is 0 Å². The lowest BCUT2D eigenvalue weighted by Gasteiger charge is -2.04. The number of hydrogen-bond acceptors (Lipinski definition) is 6. The molecule has 2 N–H and O–H groups in total. The molecule has 0 amide bonds. The fourth-order valence-corrected chi connectivity index (χ4v) is 3.78. The summed E-state index contributed by atoms with van der Waals surface area (Å²) < 4.78 is 28.3. The Kier molecular flexibility index (Phi) is 4.30. The zero-order valence-corrected chi connectivity index (χ0v) is 11.9. The van der Waals surface area contributed by atoms with E-state index in [2.05, 4.69) is 14.9 Å². The number of nitrogens with zero attached hydrogens (tertiary/aromatic N) is 3. The highest BCUT2D eigenvalue weighted by molar-refractivity contribution is 7.91. The maximum Gasteiger partial charge on any atom is 0.250 e. The summed E-state index contributed by atoms with van der Waals surface area (Å²) in [7, 11) is -1.71. The van der Waals surface area contributed by atoms with Gasteiger partial charge >= 0.3 is 0 Å². The van der Waals surface area contributed by atoms with Gasteiger partial charge in [0, 0.05) is 24.9 Å². The molecular weight excluding hydrogens is 288 g/mol. The number of aliphatic hydroxyl groups excluding tert-OH is 1. The second-order valence-electron chi connectivity index (χ2n) is 3.88. The standard InChI is InChI=1S/C10H14N4O3S2/c1-14-7-11-13-9(14)4-5-12-19(16,17)10-3-2-8(6-15)18-10/h2-3,7,12,15H,4-6H2,1H3. The normalized spacial score (nSPS) is 11.9. The molecule has 7 nitrogen and oxygen atoms in total. The lowest BCUT2D eigenvalue weighted by molar-refractivity contribution is 0.285. The molecule has 0 bridgehead atoms. The summed E-state index contributed by atoms with van der Waals surface area (Å²) in [5.41, 5.74) is 0. The number of sulfonamides is 1. The zero-order valence-electron chi connectivity index (χ0n) is 10.3. The molecule has 104 valence electrons. The van der Waals surface area contributed by atoms with Crippen molar-refractivity contribution in [2.24, 2.45) is 7.05 Å². The van der Waals surface area contributed by atoms with Crippen LogP contribution in [0, 0.1) is 0 Å². The number of thiophene rings is 1. The molecule has 0 aromatic carbocycles. The van der Waals surface area contributed by atoms with Crippen molar-refractivity contribution in [1.29, 1.82) is 0 Å². The van der Waals surface area contributed by atoms with Crippen LogP contribution in [0.4, 0.5) is 0 Å². The van der Waals surface area contributed by atoms with E-state index in [1.165, 1.54) is 6.07 Å². The van der Waals surface area contributed by atoms with E-state index in [4.69, 9.17) is 5.11 Å². The van der Waals surface area contributed by atoms with E-state index < -0.39 is 10.0 Å². The van der Waals surface area contributed by atoms with E-state index in [1.54, 1.807) is 24.0 Å². The minimum atomic E-state index is -3.52. The first-order valence-corrected chi connectivity index (χ1v) is 7.85. The number of hydrogen-bond donors (Lipinski definition) is 2. The molecule has 2 aromatic rings. The lowest BCUT2D eigenvalue weighted by atomic mass is 10.4. The highest BCUT2D eigenvalue weighted by Gasteiger charge is 2.16. The van der Waals surface area contributed by atoms with Crippen molar-refractivity contribution >= 4 is 21.4 Å². The molecule has 2 heterocycles. The maximum atomic E-state index is 11.9. The Morgan fingerprint density at radius 2 is 2.26 bits per heavy atom. The van der Waals surface area contributed by atoms with Gasteiger partial charge in [-0.1, -0.05) is 0 Å². The Balaban J connectivity index is 1.96. The molecule has 0 fully saturated rings. The van der Waals surface area contributed by atoms with Crippen LogP contribution in [-0.4, -0.2) is 34.8 Å². The molecular formula is C10H14N4O3S2. The molecule has 0 spiro atoms. The summed E-state index contributed by atoms with van der Waals surface area (Å²) in [6.45, 7) is 0.0976. The highest BCUT2D eigenvalue weighted by atomic mass is 32.2. The molecule has 0 aliphatic heterocycles. The van der Waals surface area contributed by atoms with Crippen molar-refractivity contribution in [2.75, 3.05) is 6.54 Å². The first-order chi connectivity index (χ1) is 9.03. The van der Waals surface area contributed by atoms with Gasteiger partial charge in [-0.3, -0.25) is 0 Å². The lowest BCUT2D eigenvalue weighted by Crippen LogP contribution is -2.26. The van der Waals surface area contributed by atoms with Crippen LogP contribution >= 0.6 is 11.3 Å². The van der Waals surface area contributed by atoms with E-state index in [1.807, 2.05) is 0 Å². The Labute approximate surface area is 115 Å². The van der Waals surface area contributed by atoms with Crippen molar-refractivity contribution in [3.05, 3.63) is 29.2 Å². The first kappa shape index (κ1) is 14.1. The van der Waals surface area contributed by atoms with E-state index in [0.29, 0.717) is 17.1 Å². The van der Waals surface area contributed by atoms with E-state index >= 15 is 0 Å². The molecule has 19 heavy (non-hydrogen) atoms. The van der Waals surface area contributed by atoms with Crippen LogP contribution in [0.1, 0.15) is 10.7 Å². The Morgan fingerprint density at radius 3 is 2.84 bits per heavy atom. The minimum Gasteiger partial charge on any atom is -0.391 e. The Morgan fingerprint density at radius 1 is 1.47 bits per heavy atom. The van der Waals surface area contributed by atoms with Crippen LogP contribution in [0.2, 0.25) is 0 Å². The number of aryl methyl sites for hydroxylation is 1. The van der Waals surface area contributed by atoms with Gasteiger partial charge in [0.1, 0.15) is 16.4 Å². The van der Waals surface area contributed by atoms with Gasteiger partial charge in [-0.25, -0.2) is 13.1 Å². The average Bonchev–Trinajstić information content (AvgIpc) is 2.99. The van der Waals surface area contributed by atoms with Crippen molar-refractivity contribution in [3.63, 3.8) is 0 Å². The van der Waals surface area contributed by atoms with Crippen molar-refractivity contribution < 1.29 is 13.5 Å². The van der Waals surface area contributed by atoms with E-state index in [-0.39, 0.29) is 17.4 Å². The summed E-state index contributed by atoms with van der Waals surface area (Å²) in [6.07, 6.45) is 2.03. The number of rotatable bonds is 6. The average molecular weight is 302 g/mol. The molecule has 0 aliphatic carbocycles. The molecule has 9 heteroatoms. The van der Waals surface area contributed by atoms with Crippen molar-refractivity contribution in [2.45, 2.75) is 17.2 Å². The summed E-state index contributed by atoms with van der Waals surface area (Å²) in [5.74, 6) is 0.713. The fourth-order valence-electron chi connectivity index (χ4n) is 1.49. The molecule has 0 radical (unpaired) electrons. The number of aromatic nitrogens is 3. The molecule has 0 atom stereocenters. The number of nitrogens with one attached hydrogen (secondary N) is 1. The first-order valence-electron chi connectivity index (χ1n) is 5.55. The fraction of sp³-hybridized carbons (Fsp3) is 0.400. The van der Waals surface area contributed by atoms with E-state index in [0.717, 1.165) is 11.3 Å². The minimum absolute atomic E-state index is 0.154. The van der Waals surface area contributed by atoms with Crippen molar-refractivity contribution in [1.82, 2.24) is 19.5 Å². The second-order valence-corrected chi connectivity index (χ2v) is 7.05. The maximum absolute atomic E-state index is 11.9. The predicted molar refractivity (Wildman–Crippen MR) is 70.1 cm³/mol. The third-order valence-electron chi connectivity index (χ3n) is 2.50. The van der Waals surface area contributed by atoms with Crippen LogP contribution in [0.15, 0.2) is 22.7 Å². The van der Waals surface area contributed by atoms with Gasteiger partial charge in [-0.2, -0.15) is 0 Å². The van der Waals surface area contributed by atoms with Gasteiger partial charge in [0.2, 0.25) is 10.0 Å².